The van der Waals surface area contributed by atoms with Gasteiger partial charge in [-0.25, -0.2) is 0 Å². The van der Waals surface area contributed by atoms with Crippen molar-refractivity contribution in [2.24, 2.45) is 23.2 Å². The molecular weight excluding hydrogens is 308 g/mol. The number of allylic oxidation sites excluding steroid dienone is 1. The Morgan fingerprint density at radius 2 is 1.70 bits per heavy atom. The van der Waals surface area contributed by atoms with Crippen molar-refractivity contribution in [3.8, 4) is 0 Å². The number of carbonyl (C=O) groups is 2. The SMILES string of the molecule is CCOC(=O)C1(C(=O)OCC)C/C(=C/[Si](C)(C)C)[C@H]2[C@H](C)[C@H]2C1. The van der Waals surface area contributed by atoms with Crippen LogP contribution in [0, 0.1) is 23.2 Å². The van der Waals surface area contributed by atoms with E-state index in [1.54, 1.807) is 13.8 Å². The van der Waals surface area contributed by atoms with E-state index in [0.717, 1.165) is 0 Å². The Kier molecular flexibility index (Phi) is 5.09. The fraction of sp³-hybridized carbons (Fsp3) is 0.778. The molecule has 0 bridgehead atoms. The van der Waals surface area contributed by atoms with Crippen molar-refractivity contribution in [2.75, 3.05) is 13.2 Å². The molecule has 4 nitrogen and oxygen atoms in total. The molecule has 2 fully saturated rings. The maximum atomic E-state index is 12.7. The maximum Gasteiger partial charge on any atom is 0.323 e. The minimum atomic E-state index is -1.42. The van der Waals surface area contributed by atoms with Crippen LogP contribution < -0.4 is 0 Å². The number of hydrogen-bond acceptors (Lipinski definition) is 4. The molecule has 0 radical (unpaired) electrons. The van der Waals surface area contributed by atoms with E-state index in [1.807, 2.05) is 0 Å². The molecule has 2 saturated carbocycles. The van der Waals surface area contributed by atoms with Gasteiger partial charge in [0.2, 0.25) is 0 Å². The van der Waals surface area contributed by atoms with Crippen LogP contribution in [0.25, 0.3) is 0 Å². The Morgan fingerprint density at radius 1 is 1.17 bits per heavy atom. The van der Waals surface area contributed by atoms with Crippen LogP contribution in [0.15, 0.2) is 11.3 Å². The zero-order valence-corrected chi connectivity index (χ0v) is 16.3. The third-order valence-corrected chi connectivity index (χ3v) is 6.27. The number of carbonyl (C=O) groups excluding carboxylic acids is 2. The smallest absolute Gasteiger partial charge is 0.323 e. The van der Waals surface area contributed by atoms with E-state index in [0.29, 0.717) is 30.6 Å². The normalized spacial score (nSPS) is 30.5. The number of hydrogen-bond donors (Lipinski definition) is 0. The lowest BCUT2D eigenvalue weighted by Gasteiger charge is -2.34. The molecule has 23 heavy (non-hydrogen) atoms. The Labute approximate surface area is 140 Å². The van der Waals surface area contributed by atoms with Crippen LogP contribution in [-0.4, -0.2) is 33.2 Å². The van der Waals surface area contributed by atoms with E-state index in [4.69, 9.17) is 9.47 Å². The summed E-state index contributed by atoms with van der Waals surface area (Å²) in [6.45, 7) is 13.2. The van der Waals surface area contributed by atoms with E-state index in [2.05, 4.69) is 32.3 Å². The van der Waals surface area contributed by atoms with Gasteiger partial charge in [0.15, 0.2) is 5.41 Å². The molecule has 0 amide bonds. The lowest BCUT2D eigenvalue weighted by molar-refractivity contribution is -0.173. The fourth-order valence-corrected chi connectivity index (χ4v) is 5.46. The average Bonchev–Trinajstić information content (AvgIpc) is 3.08. The third-order valence-electron chi connectivity index (χ3n) is 5.03. The van der Waals surface area contributed by atoms with Gasteiger partial charge in [-0.3, -0.25) is 9.59 Å². The molecule has 2 aliphatic carbocycles. The summed E-state index contributed by atoms with van der Waals surface area (Å²) in [5, 5.41) is 0. The summed E-state index contributed by atoms with van der Waals surface area (Å²) in [5.41, 5.74) is 2.53. The molecule has 0 heterocycles. The highest BCUT2D eigenvalue weighted by atomic mass is 28.3. The second kappa shape index (κ2) is 6.42. The van der Waals surface area contributed by atoms with Crippen LogP contribution in [0.3, 0.4) is 0 Å². The maximum absolute atomic E-state index is 12.7. The summed E-state index contributed by atoms with van der Waals surface area (Å²) >= 11 is 0. The van der Waals surface area contributed by atoms with Crippen LogP contribution >= 0.6 is 0 Å². The molecule has 0 aromatic heterocycles. The predicted octanol–water partition coefficient (Wildman–Crippen LogP) is 3.58. The zero-order valence-electron chi connectivity index (χ0n) is 15.3. The monoisotopic (exact) mass is 338 g/mol. The molecule has 3 atom stereocenters. The minimum Gasteiger partial charge on any atom is -0.465 e. The van der Waals surface area contributed by atoms with Gasteiger partial charge in [-0.1, -0.05) is 37.8 Å². The summed E-state index contributed by atoms with van der Waals surface area (Å²) in [6.07, 6.45) is 1.04. The molecule has 0 unspecified atom stereocenters. The summed E-state index contributed by atoms with van der Waals surface area (Å²) in [7, 11) is -1.42. The van der Waals surface area contributed by atoms with Gasteiger partial charge in [0.25, 0.3) is 0 Å². The molecule has 0 spiro atoms. The Hall–Kier alpha value is -1.10. The molecule has 5 heteroatoms. The van der Waals surface area contributed by atoms with E-state index in [-0.39, 0.29) is 13.2 Å². The fourth-order valence-electron chi connectivity index (χ4n) is 4.05. The van der Waals surface area contributed by atoms with Gasteiger partial charge in [0.1, 0.15) is 0 Å². The Morgan fingerprint density at radius 3 is 2.13 bits per heavy atom. The van der Waals surface area contributed by atoms with Gasteiger partial charge in [-0.15, -0.1) is 0 Å². The lowest BCUT2D eigenvalue weighted by Crippen LogP contribution is -2.45. The molecule has 2 rings (SSSR count). The quantitative estimate of drug-likeness (QED) is 0.437. The van der Waals surface area contributed by atoms with Crippen molar-refractivity contribution in [3.63, 3.8) is 0 Å². The van der Waals surface area contributed by atoms with E-state index in [9.17, 15) is 9.59 Å². The van der Waals surface area contributed by atoms with Crippen molar-refractivity contribution in [1.82, 2.24) is 0 Å². The van der Waals surface area contributed by atoms with Gasteiger partial charge in [0.05, 0.1) is 21.3 Å². The summed E-state index contributed by atoms with van der Waals surface area (Å²) < 4.78 is 10.6. The highest BCUT2D eigenvalue weighted by Crippen LogP contribution is 2.63. The topological polar surface area (TPSA) is 52.6 Å². The Bertz CT molecular complexity index is 500. The van der Waals surface area contributed by atoms with Crippen molar-refractivity contribution < 1.29 is 19.1 Å². The van der Waals surface area contributed by atoms with Crippen LogP contribution in [0.5, 0.6) is 0 Å². The second-order valence-corrected chi connectivity index (χ2v) is 13.1. The highest BCUT2D eigenvalue weighted by molar-refractivity contribution is 6.81. The lowest BCUT2D eigenvalue weighted by atomic mass is 9.72. The molecule has 0 N–H and O–H groups in total. The van der Waals surface area contributed by atoms with Crippen molar-refractivity contribution in [3.05, 3.63) is 11.3 Å². The van der Waals surface area contributed by atoms with Crippen LogP contribution in [0.1, 0.15) is 33.6 Å². The first-order chi connectivity index (χ1) is 10.7. The first-order valence-electron chi connectivity index (χ1n) is 8.72. The minimum absolute atomic E-state index is 0.288. The molecule has 0 aromatic rings. The number of ether oxygens (including phenoxy) is 2. The third kappa shape index (κ3) is 3.54. The summed E-state index contributed by atoms with van der Waals surface area (Å²) in [5.74, 6) is 0.678. The number of esters is 2. The summed E-state index contributed by atoms with van der Waals surface area (Å²) in [6, 6.07) is 0. The van der Waals surface area contributed by atoms with Gasteiger partial charge >= 0.3 is 11.9 Å². The van der Waals surface area contributed by atoms with Crippen LogP contribution in [0.2, 0.25) is 19.6 Å². The first kappa shape index (κ1) is 18.2. The summed E-state index contributed by atoms with van der Waals surface area (Å²) in [4.78, 5) is 25.4. The van der Waals surface area contributed by atoms with E-state index >= 15 is 0 Å². The standard InChI is InChI=1S/C18H30O4Si/c1-7-21-16(19)18(17(20)22-8-2)9-13(11-23(4,5)6)15-12(3)14(15)10-18/h11-12,14-15H,7-10H2,1-6H3/b13-11-/t12-,14-,15-/m1/s1. The Balaban J connectivity index is 2.40. The van der Waals surface area contributed by atoms with E-state index in [1.165, 1.54) is 5.57 Å². The first-order valence-corrected chi connectivity index (χ1v) is 12.3. The number of rotatable bonds is 5. The predicted molar refractivity (Wildman–Crippen MR) is 92.5 cm³/mol. The largest absolute Gasteiger partial charge is 0.465 e. The molecule has 2 aliphatic rings. The van der Waals surface area contributed by atoms with Crippen molar-refractivity contribution in [2.45, 2.75) is 53.3 Å². The second-order valence-electron chi connectivity index (χ2n) is 8.04. The van der Waals surface area contributed by atoms with Gasteiger partial charge in [-0.2, -0.15) is 0 Å². The van der Waals surface area contributed by atoms with Crippen molar-refractivity contribution in [1.29, 1.82) is 0 Å². The number of fused-ring (bicyclic) bond motifs is 1. The van der Waals surface area contributed by atoms with Crippen molar-refractivity contribution >= 4 is 20.0 Å². The molecule has 130 valence electrons. The van der Waals surface area contributed by atoms with Gasteiger partial charge in [0, 0.05) is 0 Å². The average molecular weight is 339 g/mol. The molecular formula is C18H30O4Si. The van der Waals surface area contributed by atoms with Crippen LogP contribution in [-0.2, 0) is 19.1 Å². The van der Waals surface area contributed by atoms with Crippen LogP contribution in [0.4, 0.5) is 0 Å². The molecule has 0 aliphatic heterocycles. The molecule has 0 aromatic carbocycles. The highest BCUT2D eigenvalue weighted by Gasteiger charge is 2.63. The molecule has 0 saturated heterocycles. The van der Waals surface area contributed by atoms with Gasteiger partial charge < -0.3 is 9.47 Å². The zero-order chi connectivity index (χ0) is 17.4. The van der Waals surface area contributed by atoms with Gasteiger partial charge in [-0.05, 0) is 44.4 Å². The van der Waals surface area contributed by atoms with E-state index < -0.39 is 25.4 Å².